The summed E-state index contributed by atoms with van der Waals surface area (Å²) in [4.78, 5) is 21.8. The first-order valence-electron chi connectivity index (χ1n) is 6.38. The van der Waals surface area contributed by atoms with E-state index < -0.39 is 12.1 Å². The highest BCUT2D eigenvalue weighted by molar-refractivity contribution is 5.77. The van der Waals surface area contributed by atoms with E-state index in [-0.39, 0.29) is 12.5 Å². The van der Waals surface area contributed by atoms with E-state index in [2.05, 4.69) is 12.2 Å². The average molecular weight is 260 g/mol. The van der Waals surface area contributed by atoms with E-state index in [1.54, 1.807) is 0 Å². The Hall–Kier alpha value is -1.14. The van der Waals surface area contributed by atoms with Gasteiger partial charge in [-0.25, -0.2) is 4.79 Å². The monoisotopic (exact) mass is 260 g/mol. The molecule has 6 nitrogen and oxygen atoms in total. The molecule has 0 fully saturated rings. The van der Waals surface area contributed by atoms with Gasteiger partial charge in [0.25, 0.3) is 0 Å². The number of aliphatic carboxylic acids is 1. The van der Waals surface area contributed by atoms with Crippen molar-refractivity contribution in [2.45, 2.75) is 45.1 Å². The number of carboxylic acids is 1. The third-order valence-corrected chi connectivity index (χ3v) is 2.83. The summed E-state index contributed by atoms with van der Waals surface area (Å²) in [6.07, 6.45) is 2.56. The van der Waals surface area contributed by atoms with Gasteiger partial charge in [0.2, 0.25) is 5.91 Å². The van der Waals surface area contributed by atoms with E-state index in [1.807, 2.05) is 0 Å². The van der Waals surface area contributed by atoms with Gasteiger partial charge in [0.15, 0.2) is 6.10 Å². The molecule has 0 aliphatic heterocycles. The minimum atomic E-state index is -1.54. The van der Waals surface area contributed by atoms with Crippen LogP contribution in [0.2, 0.25) is 0 Å². The van der Waals surface area contributed by atoms with E-state index in [1.165, 1.54) is 0 Å². The van der Waals surface area contributed by atoms with Gasteiger partial charge in [0.1, 0.15) is 0 Å². The summed E-state index contributed by atoms with van der Waals surface area (Å²) in [7, 11) is 0. The molecule has 0 bridgehead atoms. The van der Waals surface area contributed by atoms with Crippen molar-refractivity contribution in [3.63, 3.8) is 0 Å². The van der Waals surface area contributed by atoms with Crippen LogP contribution in [-0.2, 0) is 9.59 Å². The first-order valence-corrected chi connectivity index (χ1v) is 6.38. The van der Waals surface area contributed by atoms with Crippen molar-refractivity contribution in [1.29, 1.82) is 0 Å². The zero-order valence-electron chi connectivity index (χ0n) is 10.9. The van der Waals surface area contributed by atoms with E-state index in [0.29, 0.717) is 18.9 Å². The molecule has 106 valence electrons. The van der Waals surface area contributed by atoms with Crippen molar-refractivity contribution in [3.05, 3.63) is 0 Å². The number of nitrogens with two attached hydrogens (primary N) is 1. The molecule has 0 aliphatic rings. The second-order valence-electron chi connectivity index (χ2n) is 4.43. The summed E-state index contributed by atoms with van der Waals surface area (Å²) in [6.45, 7) is 2.46. The molecule has 0 spiro atoms. The van der Waals surface area contributed by atoms with Crippen molar-refractivity contribution in [3.8, 4) is 0 Å². The third kappa shape index (κ3) is 8.03. The Bertz CT molecular complexity index is 252. The van der Waals surface area contributed by atoms with Crippen LogP contribution in [-0.4, -0.2) is 41.3 Å². The fraction of sp³-hybridized carbons (Fsp3) is 0.833. The van der Waals surface area contributed by atoms with E-state index in [0.717, 1.165) is 25.7 Å². The number of rotatable bonds is 10. The van der Waals surface area contributed by atoms with Crippen LogP contribution < -0.4 is 11.1 Å². The van der Waals surface area contributed by atoms with Crippen LogP contribution in [0.1, 0.15) is 39.0 Å². The lowest BCUT2D eigenvalue weighted by Gasteiger charge is -2.15. The van der Waals surface area contributed by atoms with Gasteiger partial charge >= 0.3 is 5.97 Å². The Morgan fingerprint density at radius 1 is 1.28 bits per heavy atom. The molecule has 0 saturated carbocycles. The first kappa shape index (κ1) is 16.9. The van der Waals surface area contributed by atoms with Crippen LogP contribution in [0.3, 0.4) is 0 Å². The van der Waals surface area contributed by atoms with Gasteiger partial charge in [0.05, 0.1) is 6.54 Å². The van der Waals surface area contributed by atoms with Gasteiger partial charge in [-0.15, -0.1) is 0 Å². The molecule has 0 aromatic carbocycles. The normalized spacial score (nSPS) is 13.9. The second kappa shape index (κ2) is 9.85. The summed E-state index contributed by atoms with van der Waals surface area (Å²) in [5.74, 6) is -1.12. The quantitative estimate of drug-likeness (QED) is 0.445. The Labute approximate surface area is 108 Å². The molecule has 5 N–H and O–H groups in total. The fourth-order valence-electron chi connectivity index (χ4n) is 1.80. The highest BCUT2D eigenvalue weighted by atomic mass is 16.4. The van der Waals surface area contributed by atoms with E-state index >= 15 is 0 Å². The Balaban J connectivity index is 3.83. The van der Waals surface area contributed by atoms with E-state index in [4.69, 9.17) is 15.9 Å². The number of hydrogen-bond acceptors (Lipinski definition) is 4. The molecule has 0 aromatic heterocycles. The molecule has 0 heterocycles. The van der Waals surface area contributed by atoms with E-state index in [9.17, 15) is 9.59 Å². The minimum absolute atomic E-state index is 0.228. The lowest BCUT2D eigenvalue weighted by Crippen LogP contribution is -2.36. The predicted octanol–water partition coefficient (Wildman–Crippen LogP) is 0.0934. The lowest BCUT2D eigenvalue weighted by atomic mass is 9.94. The van der Waals surface area contributed by atoms with Crippen molar-refractivity contribution >= 4 is 11.9 Å². The molecule has 6 heteroatoms. The molecule has 2 atom stereocenters. The molecule has 0 aromatic rings. The van der Waals surface area contributed by atoms with Crippen molar-refractivity contribution in [2.24, 2.45) is 11.7 Å². The maximum absolute atomic E-state index is 11.4. The highest BCUT2D eigenvalue weighted by Crippen LogP contribution is 2.16. The fourth-order valence-corrected chi connectivity index (χ4v) is 1.80. The number of aliphatic hydroxyl groups excluding tert-OH is 1. The van der Waals surface area contributed by atoms with Crippen molar-refractivity contribution in [2.75, 3.05) is 13.1 Å². The number of amides is 1. The average Bonchev–Trinajstić information content (AvgIpc) is 2.33. The van der Waals surface area contributed by atoms with Gasteiger partial charge in [0, 0.05) is 6.42 Å². The van der Waals surface area contributed by atoms with Crippen molar-refractivity contribution in [1.82, 2.24) is 5.32 Å². The molecule has 18 heavy (non-hydrogen) atoms. The Morgan fingerprint density at radius 2 is 1.94 bits per heavy atom. The maximum atomic E-state index is 11.4. The Morgan fingerprint density at radius 3 is 2.44 bits per heavy atom. The second-order valence-corrected chi connectivity index (χ2v) is 4.43. The summed E-state index contributed by atoms with van der Waals surface area (Å²) in [5.41, 5.74) is 5.50. The largest absolute Gasteiger partial charge is 0.479 e. The third-order valence-electron chi connectivity index (χ3n) is 2.83. The highest BCUT2D eigenvalue weighted by Gasteiger charge is 2.15. The molecule has 1 unspecified atom stereocenters. The topological polar surface area (TPSA) is 113 Å². The number of carbonyl (C=O) groups is 2. The maximum Gasteiger partial charge on any atom is 0.334 e. The number of hydrogen-bond donors (Lipinski definition) is 4. The van der Waals surface area contributed by atoms with Crippen LogP contribution >= 0.6 is 0 Å². The summed E-state index contributed by atoms with van der Waals surface area (Å²) in [6, 6.07) is 0. The zero-order chi connectivity index (χ0) is 14.0. The molecule has 1 amide bonds. The van der Waals surface area contributed by atoms with Crippen LogP contribution in [0.15, 0.2) is 0 Å². The van der Waals surface area contributed by atoms with Gasteiger partial charge < -0.3 is 21.3 Å². The number of nitrogens with one attached hydrogen (secondary N) is 1. The Kier molecular flexibility index (Phi) is 9.22. The van der Waals surface area contributed by atoms with Gasteiger partial charge in [-0.3, -0.25) is 4.79 Å². The molecule has 0 rings (SSSR count). The first-order chi connectivity index (χ1) is 8.51. The summed E-state index contributed by atoms with van der Waals surface area (Å²) in [5, 5.41) is 19.8. The summed E-state index contributed by atoms with van der Waals surface area (Å²) >= 11 is 0. The smallest absolute Gasteiger partial charge is 0.334 e. The van der Waals surface area contributed by atoms with Crippen LogP contribution in [0.4, 0.5) is 0 Å². The number of carboxylic acid groups (broad SMARTS) is 1. The van der Waals surface area contributed by atoms with Crippen LogP contribution in [0.5, 0.6) is 0 Å². The molecular weight excluding hydrogens is 236 g/mol. The zero-order valence-corrected chi connectivity index (χ0v) is 10.9. The van der Waals surface area contributed by atoms with Gasteiger partial charge in [-0.2, -0.15) is 0 Å². The number of carbonyl (C=O) groups excluding carboxylic acids is 1. The molecule has 0 radical (unpaired) electrons. The molecular formula is C12H24N2O4. The van der Waals surface area contributed by atoms with Crippen LogP contribution in [0, 0.1) is 5.92 Å². The standard InChI is InChI=1S/C12H24N2O4/c1-2-3-9(6-7-13)4-5-11(16)14-8-10(15)12(17)18/h9-10,15H,2-8,13H2,1H3,(H,14,16)(H,17,18)/t9?,10-/m0/s1. The van der Waals surface area contributed by atoms with Crippen molar-refractivity contribution < 1.29 is 19.8 Å². The lowest BCUT2D eigenvalue weighted by molar-refractivity contribution is -0.146. The molecule has 0 aliphatic carbocycles. The number of aliphatic hydroxyl groups is 1. The van der Waals surface area contributed by atoms with Gasteiger partial charge in [-0.05, 0) is 25.3 Å². The van der Waals surface area contributed by atoms with Crippen LogP contribution in [0.25, 0.3) is 0 Å². The minimum Gasteiger partial charge on any atom is -0.479 e. The molecule has 0 saturated heterocycles. The predicted molar refractivity (Wildman–Crippen MR) is 68.0 cm³/mol. The SMILES string of the molecule is CCCC(CCN)CCC(=O)NC[C@H](O)C(=O)O. The summed E-state index contributed by atoms with van der Waals surface area (Å²) < 4.78 is 0. The van der Waals surface area contributed by atoms with Gasteiger partial charge in [-0.1, -0.05) is 19.8 Å².